The van der Waals surface area contributed by atoms with Gasteiger partial charge >= 0.3 is 0 Å². The fourth-order valence-corrected chi connectivity index (χ4v) is 4.42. The van der Waals surface area contributed by atoms with Crippen molar-refractivity contribution in [3.63, 3.8) is 0 Å². The topological polar surface area (TPSA) is 35.5 Å². The summed E-state index contributed by atoms with van der Waals surface area (Å²) in [6.07, 6.45) is 12.9. The van der Waals surface area contributed by atoms with Crippen LogP contribution in [-0.4, -0.2) is 42.8 Å². The lowest BCUT2D eigenvalue weighted by Gasteiger charge is -2.33. The highest BCUT2D eigenvalue weighted by atomic mass is 16.2. The van der Waals surface area contributed by atoms with Gasteiger partial charge in [0.2, 0.25) is 0 Å². The molecule has 1 aliphatic heterocycles. The Labute approximate surface area is 188 Å². The van der Waals surface area contributed by atoms with Gasteiger partial charge in [-0.05, 0) is 80.4 Å². The molecular weight excluding hydrogens is 380 g/mol. The smallest absolute Gasteiger partial charge is 0.0434 e. The zero-order valence-corrected chi connectivity index (χ0v) is 19.5. The molecule has 1 heterocycles. The number of piperazine rings is 1. The van der Waals surface area contributed by atoms with Crippen molar-refractivity contribution < 1.29 is 5.11 Å². The Hall–Kier alpha value is -2.36. The summed E-state index contributed by atoms with van der Waals surface area (Å²) in [5, 5.41) is 13.0. The zero-order valence-electron chi connectivity index (χ0n) is 19.5. The predicted octanol–water partition coefficient (Wildman–Crippen LogP) is 5.63. The SMILES string of the molecule is CC(C)=C/C=C(C)/C(C1=CC=C(N2CCNCC2)CC1)=C(\CCCO)c1ccccc1. The Kier molecular flexibility index (Phi) is 8.93. The Morgan fingerprint density at radius 2 is 1.74 bits per heavy atom. The molecule has 0 unspecified atom stereocenters. The highest BCUT2D eigenvalue weighted by Crippen LogP contribution is 2.37. The molecule has 0 spiro atoms. The molecular formula is C28H38N2O. The molecule has 1 saturated heterocycles. The first-order valence-corrected chi connectivity index (χ1v) is 11.7. The molecule has 2 aliphatic rings. The molecule has 1 aromatic carbocycles. The molecule has 0 radical (unpaired) electrons. The number of nitrogens with zero attached hydrogens (tertiary/aromatic N) is 1. The maximum absolute atomic E-state index is 9.57. The lowest BCUT2D eigenvalue weighted by Crippen LogP contribution is -2.43. The van der Waals surface area contributed by atoms with E-state index < -0.39 is 0 Å². The van der Waals surface area contributed by atoms with Crippen molar-refractivity contribution in [2.45, 2.75) is 46.5 Å². The zero-order chi connectivity index (χ0) is 22.1. The van der Waals surface area contributed by atoms with E-state index >= 15 is 0 Å². The number of benzene rings is 1. The van der Waals surface area contributed by atoms with Crippen LogP contribution in [-0.2, 0) is 0 Å². The average Bonchev–Trinajstić information content (AvgIpc) is 2.81. The molecule has 0 atom stereocenters. The molecule has 31 heavy (non-hydrogen) atoms. The second-order valence-corrected chi connectivity index (χ2v) is 8.73. The van der Waals surface area contributed by atoms with Crippen LogP contribution in [0.15, 0.2) is 82.6 Å². The van der Waals surface area contributed by atoms with Crippen LogP contribution in [0.4, 0.5) is 0 Å². The van der Waals surface area contributed by atoms with Gasteiger partial charge in [0.15, 0.2) is 0 Å². The summed E-state index contributed by atoms with van der Waals surface area (Å²) in [4.78, 5) is 2.53. The third-order valence-electron chi connectivity index (χ3n) is 6.04. The van der Waals surface area contributed by atoms with E-state index in [9.17, 15) is 5.11 Å². The average molecular weight is 419 g/mol. The quantitative estimate of drug-likeness (QED) is 0.537. The molecule has 1 fully saturated rings. The van der Waals surface area contributed by atoms with Gasteiger partial charge in [-0.3, -0.25) is 0 Å². The Balaban J connectivity index is 2.06. The molecule has 1 aromatic rings. The van der Waals surface area contributed by atoms with Gasteiger partial charge in [0.05, 0.1) is 0 Å². The number of aliphatic hydroxyl groups excluding tert-OH is 1. The van der Waals surface area contributed by atoms with Crippen LogP contribution in [0.2, 0.25) is 0 Å². The number of aliphatic hydroxyl groups is 1. The molecule has 1 aliphatic carbocycles. The van der Waals surface area contributed by atoms with Crippen molar-refractivity contribution in [2.24, 2.45) is 0 Å². The molecule has 3 rings (SSSR count). The van der Waals surface area contributed by atoms with Gasteiger partial charge in [-0.1, -0.05) is 54.1 Å². The van der Waals surface area contributed by atoms with Crippen LogP contribution in [0, 0.1) is 0 Å². The van der Waals surface area contributed by atoms with Gasteiger partial charge in [-0.25, -0.2) is 0 Å². The van der Waals surface area contributed by atoms with E-state index in [0.717, 1.165) is 51.9 Å². The summed E-state index contributed by atoms with van der Waals surface area (Å²) in [7, 11) is 0. The van der Waals surface area contributed by atoms with E-state index in [2.05, 4.69) is 85.6 Å². The lowest BCUT2D eigenvalue weighted by atomic mass is 9.83. The second kappa shape index (κ2) is 11.9. The van der Waals surface area contributed by atoms with E-state index in [1.807, 2.05) is 0 Å². The Bertz CT molecular complexity index is 877. The van der Waals surface area contributed by atoms with Crippen molar-refractivity contribution in [1.29, 1.82) is 0 Å². The molecule has 2 N–H and O–H groups in total. The summed E-state index contributed by atoms with van der Waals surface area (Å²) in [6.45, 7) is 11.1. The minimum Gasteiger partial charge on any atom is -0.396 e. The van der Waals surface area contributed by atoms with E-state index in [-0.39, 0.29) is 6.61 Å². The summed E-state index contributed by atoms with van der Waals surface area (Å²) in [5.41, 5.74) is 9.42. The van der Waals surface area contributed by atoms with Gasteiger partial charge in [-0.15, -0.1) is 0 Å². The summed E-state index contributed by atoms with van der Waals surface area (Å²) < 4.78 is 0. The Morgan fingerprint density at radius 1 is 1.00 bits per heavy atom. The second-order valence-electron chi connectivity index (χ2n) is 8.73. The maximum atomic E-state index is 9.57. The Morgan fingerprint density at radius 3 is 2.35 bits per heavy atom. The van der Waals surface area contributed by atoms with Crippen LogP contribution in [0.5, 0.6) is 0 Å². The first-order chi connectivity index (χ1) is 15.1. The number of hydrogen-bond donors (Lipinski definition) is 2. The molecule has 3 nitrogen and oxygen atoms in total. The molecule has 3 heteroatoms. The monoisotopic (exact) mass is 418 g/mol. The first-order valence-electron chi connectivity index (χ1n) is 11.7. The number of rotatable bonds is 8. The van der Waals surface area contributed by atoms with E-state index in [0.29, 0.717) is 0 Å². The van der Waals surface area contributed by atoms with Crippen LogP contribution < -0.4 is 5.32 Å². The minimum absolute atomic E-state index is 0.215. The molecule has 166 valence electrons. The highest BCUT2D eigenvalue weighted by molar-refractivity contribution is 5.77. The van der Waals surface area contributed by atoms with Gasteiger partial charge < -0.3 is 15.3 Å². The van der Waals surface area contributed by atoms with Gasteiger partial charge in [0.25, 0.3) is 0 Å². The molecule has 0 bridgehead atoms. The van der Waals surface area contributed by atoms with Crippen LogP contribution in [0.1, 0.15) is 52.0 Å². The van der Waals surface area contributed by atoms with Crippen molar-refractivity contribution in [1.82, 2.24) is 10.2 Å². The molecule has 0 aromatic heterocycles. The predicted molar refractivity (Wildman–Crippen MR) is 133 cm³/mol. The first kappa shape index (κ1) is 23.3. The van der Waals surface area contributed by atoms with Crippen molar-refractivity contribution in [3.8, 4) is 0 Å². The summed E-state index contributed by atoms with van der Waals surface area (Å²) in [6, 6.07) is 10.7. The van der Waals surface area contributed by atoms with Crippen molar-refractivity contribution in [3.05, 3.63) is 88.2 Å². The van der Waals surface area contributed by atoms with E-state index in [4.69, 9.17) is 0 Å². The van der Waals surface area contributed by atoms with E-state index in [1.165, 1.54) is 39.1 Å². The molecule has 0 saturated carbocycles. The highest BCUT2D eigenvalue weighted by Gasteiger charge is 2.20. The fraction of sp³-hybridized carbons (Fsp3) is 0.429. The van der Waals surface area contributed by atoms with Gasteiger partial charge in [0.1, 0.15) is 0 Å². The maximum Gasteiger partial charge on any atom is 0.0434 e. The summed E-state index contributed by atoms with van der Waals surface area (Å²) >= 11 is 0. The van der Waals surface area contributed by atoms with Crippen molar-refractivity contribution >= 4 is 5.57 Å². The van der Waals surface area contributed by atoms with E-state index in [1.54, 1.807) is 0 Å². The van der Waals surface area contributed by atoms with Gasteiger partial charge in [-0.2, -0.15) is 0 Å². The number of allylic oxidation sites excluding steroid dienone is 10. The van der Waals surface area contributed by atoms with Crippen molar-refractivity contribution in [2.75, 3.05) is 32.8 Å². The molecule has 0 amide bonds. The minimum atomic E-state index is 0.215. The third-order valence-corrected chi connectivity index (χ3v) is 6.04. The standard InChI is InChI=1S/C28H38N2O/c1-22(2)11-12-23(3)28(27(10-7-21-31)24-8-5-4-6-9-24)25-13-15-26(16-14-25)30-19-17-29-18-20-30/h4-6,8-9,11-13,15,29,31H,7,10,14,16-21H2,1-3H3/b23-12+,28-27-. The lowest BCUT2D eigenvalue weighted by molar-refractivity contribution is 0.289. The van der Waals surface area contributed by atoms with Crippen LogP contribution in [0.3, 0.4) is 0 Å². The fourth-order valence-electron chi connectivity index (χ4n) is 4.42. The summed E-state index contributed by atoms with van der Waals surface area (Å²) in [5.74, 6) is 0. The number of nitrogens with one attached hydrogen (secondary N) is 1. The van der Waals surface area contributed by atoms with Crippen LogP contribution >= 0.6 is 0 Å². The largest absolute Gasteiger partial charge is 0.396 e. The number of hydrogen-bond acceptors (Lipinski definition) is 3. The third kappa shape index (κ3) is 6.56. The van der Waals surface area contributed by atoms with Crippen LogP contribution in [0.25, 0.3) is 5.57 Å². The normalized spacial score (nSPS) is 18.2. The van der Waals surface area contributed by atoms with Gasteiger partial charge in [0, 0.05) is 38.5 Å².